The Morgan fingerprint density at radius 2 is 2.10 bits per heavy atom. The predicted octanol–water partition coefficient (Wildman–Crippen LogP) is 1.50. The number of carboxylic acids is 1. The van der Waals surface area contributed by atoms with E-state index in [-0.39, 0.29) is 6.61 Å². The van der Waals surface area contributed by atoms with Crippen molar-refractivity contribution in [1.29, 1.82) is 0 Å². The largest absolute Gasteiger partial charge is 0.480 e. The molecule has 1 aromatic carbocycles. The van der Waals surface area contributed by atoms with E-state index in [1.54, 1.807) is 0 Å². The highest BCUT2D eigenvalue weighted by Gasteiger charge is 2.10. The maximum absolute atomic E-state index is 11.4. The molecule has 0 aliphatic heterocycles. The lowest BCUT2D eigenvalue weighted by molar-refractivity contribution is -0.138. The lowest BCUT2D eigenvalue weighted by Crippen LogP contribution is -2.30. The summed E-state index contributed by atoms with van der Waals surface area (Å²) < 4.78 is 11.9. The summed E-state index contributed by atoms with van der Waals surface area (Å²) in [4.78, 5) is 22.1. The second-order valence-electron chi connectivity index (χ2n) is 4.38. The molecule has 4 N–H and O–H groups in total. The molecule has 110 valence electrons. The molecule has 1 atom stereocenters. The molecule has 0 saturated carbocycles. The van der Waals surface area contributed by atoms with Crippen LogP contribution in [0.2, 0.25) is 1.41 Å². The van der Waals surface area contributed by atoms with E-state index in [2.05, 4.69) is 5.32 Å². The first-order valence-electron chi connectivity index (χ1n) is 6.98. The summed E-state index contributed by atoms with van der Waals surface area (Å²) in [5.41, 5.74) is 2.89. The zero-order valence-electron chi connectivity index (χ0n) is 12.2. The van der Waals surface area contributed by atoms with Crippen LogP contribution < -0.4 is 11.0 Å². The highest BCUT2D eigenvalue weighted by molar-refractivity contribution is 5.72. The van der Waals surface area contributed by atoms with Crippen LogP contribution in [0.3, 0.4) is 0 Å². The number of hydrogen-bond donors (Lipinski definition) is 3. The molecule has 0 radical (unpaired) electrons. The minimum atomic E-state index is -1.04. The Bertz CT molecular complexity index is 442. The summed E-state index contributed by atoms with van der Waals surface area (Å²) in [6, 6.07) is 8.50. The third-order valence-electron chi connectivity index (χ3n) is 2.70. The second-order valence-corrected chi connectivity index (χ2v) is 4.38. The molecule has 1 rings (SSSR count). The fourth-order valence-corrected chi connectivity index (χ4v) is 1.56. The minimum Gasteiger partial charge on any atom is -0.480 e. The molecule has 0 aromatic heterocycles. The van der Waals surface area contributed by atoms with Crippen molar-refractivity contribution >= 4 is 12.1 Å². The number of unbranched alkanes of at least 4 members (excludes halogenated alkanes) is 1. The first-order chi connectivity index (χ1) is 10.1. The monoisotopic (exact) mass is 281 g/mol. The Morgan fingerprint density at radius 1 is 1.35 bits per heavy atom. The van der Waals surface area contributed by atoms with Gasteiger partial charge in [-0.1, -0.05) is 30.3 Å². The zero-order valence-corrected chi connectivity index (χ0v) is 11.2. The molecule has 6 heteroatoms. The van der Waals surface area contributed by atoms with Gasteiger partial charge >= 0.3 is 12.1 Å². The quantitative estimate of drug-likeness (QED) is 0.595. The molecule has 0 saturated heterocycles. The number of benzene rings is 1. The van der Waals surface area contributed by atoms with E-state index in [9.17, 15) is 9.59 Å². The topological polar surface area (TPSA) is 102 Å². The molecule has 6 nitrogen and oxygen atoms in total. The SMILES string of the molecule is [2H]N[C@@H](CCCCNC(=O)OCc1ccccc1)C(=O)O. The molecule has 0 bridgehead atoms. The van der Waals surface area contributed by atoms with E-state index in [0.717, 1.165) is 5.56 Å². The number of nitrogens with two attached hydrogens (primary N) is 1. The van der Waals surface area contributed by atoms with Crippen LogP contribution >= 0.6 is 0 Å². The first-order valence-corrected chi connectivity index (χ1v) is 6.48. The zero-order chi connectivity index (χ0) is 15.5. The number of ether oxygens (including phenoxy) is 1. The lowest BCUT2D eigenvalue weighted by Gasteiger charge is -2.08. The number of carbonyl (C=O) groups is 2. The van der Waals surface area contributed by atoms with Gasteiger partial charge in [0.1, 0.15) is 14.1 Å². The Hall–Kier alpha value is -2.08. The molecule has 1 aromatic rings. The molecular weight excluding hydrogens is 260 g/mol. The van der Waals surface area contributed by atoms with Crippen LogP contribution in [0.15, 0.2) is 30.3 Å². The smallest absolute Gasteiger partial charge is 0.407 e. The number of carbonyl (C=O) groups excluding carboxylic acids is 1. The minimum absolute atomic E-state index is 0.219. The maximum Gasteiger partial charge on any atom is 0.407 e. The molecule has 0 unspecified atom stereocenters. The van der Waals surface area contributed by atoms with Gasteiger partial charge in [0.25, 0.3) is 0 Å². The number of hydrogen-bond acceptors (Lipinski definition) is 4. The van der Waals surface area contributed by atoms with Gasteiger partial charge in [0.2, 0.25) is 0 Å². The third-order valence-corrected chi connectivity index (χ3v) is 2.70. The molecule has 0 aliphatic carbocycles. The van der Waals surface area contributed by atoms with Gasteiger partial charge in [-0.2, -0.15) is 0 Å². The van der Waals surface area contributed by atoms with Crippen LogP contribution in [-0.4, -0.2) is 29.8 Å². The Morgan fingerprint density at radius 3 is 2.75 bits per heavy atom. The first kappa shape index (κ1) is 14.3. The average Bonchev–Trinajstić information content (AvgIpc) is 2.49. The van der Waals surface area contributed by atoms with Gasteiger partial charge in [-0.3, -0.25) is 4.79 Å². The Kier molecular flexibility index (Phi) is 6.40. The standard InChI is InChI=1S/C14H20N2O4/c15-12(13(17)18)8-4-5-9-16-14(19)20-10-11-6-2-1-3-7-11/h1-3,6-7,12H,4-5,8-10,15H2,(H,16,19)(H,17,18)/t12-/m0/s1/i/hD. The number of alkyl carbamates (subject to hydrolysis) is 1. The van der Waals surface area contributed by atoms with Gasteiger partial charge in [0, 0.05) is 6.54 Å². The van der Waals surface area contributed by atoms with Crippen LogP contribution in [0, 0.1) is 0 Å². The van der Waals surface area contributed by atoms with Gasteiger partial charge in [0.05, 0.1) is 0 Å². The van der Waals surface area contributed by atoms with Gasteiger partial charge in [-0.15, -0.1) is 0 Å². The van der Waals surface area contributed by atoms with Crippen LogP contribution in [0.4, 0.5) is 4.79 Å². The maximum atomic E-state index is 11.4. The van der Waals surface area contributed by atoms with Crippen molar-refractivity contribution in [2.24, 2.45) is 5.73 Å². The molecule has 20 heavy (non-hydrogen) atoms. The van der Waals surface area contributed by atoms with Gasteiger partial charge in [0.15, 0.2) is 0 Å². The molecule has 0 heterocycles. The van der Waals surface area contributed by atoms with Gasteiger partial charge < -0.3 is 20.9 Å². The van der Waals surface area contributed by atoms with Crippen LogP contribution in [0.25, 0.3) is 0 Å². The van der Waals surface area contributed by atoms with Crippen molar-refractivity contribution in [2.45, 2.75) is 31.9 Å². The van der Waals surface area contributed by atoms with E-state index in [1.807, 2.05) is 36.1 Å². The summed E-state index contributed by atoms with van der Waals surface area (Å²) in [5, 5.41) is 11.3. The number of aliphatic carboxylic acids is 1. The van der Waals surface area contributed by atoms with Crippen LogP contribution in [-0.2, 0) is 16.1 Å². The Labute approximate surface area is 119 Å². The van der Waals surface area contributed by atoms with E-state index >= 15 is 0 Å². The number of amides is 1. The van der Waals surface area contributed by atoms with Crippen molar-refractivity contribution in [3.63, 3.8) is 0 Å². The van der Waals surface area contributed by atoms with E-state index < -0.39 is 18.1 Å². The van der Waals surface area contributed by atoms with Crippen molar-refractivity contribution < 1.29 is 20.8 Å². The fraction of sp³-hybridized carbons (Fsp3) is 0.429. The normalized spacial score (nSPS) is 12.3. The highest BCUT2D eigenvalue weighted by atomic mass is 16.5. The summed E-state index contributed by atoms with van der Waals surface area (Å²) in [6.45, 7) is 0.633. The number of rotatable bonds is 9. The average molecular weight is 281 g/mol. The summed E-state index contributed by atoms with van der Waals surface area (Å²) in [5.74, 6) is -1.04. The molecule has 0 spiro atoms. The molecule has 0 aliphatic rings. The van der Waals surface area contributed by atoms with E-state index in [4.69, 9.17) is 11.3 Å². The van der Waals surface area contributed by atoms with Crippen molar-refractivity contribution in [2.75, 3.05) is 6.54 Å². The predicted molar refractivity (Wildman–Crippen MR) is 74.1 cm³/mol. The third kappa shape index (κ3) is 6.75. The fourth-order valence-electron chi connectivity index (χ4n) is 1.56. The van der Waals surface area contributed by atoms with Gasteiger partial charge in [-0.25, -0.2) is 4.79 Å². The van der Waals surface area contributed by atoms with Crippen molar-refractivity contribution in [1.82, 2.24) is 5.32 Å². The van der Waals surface area contributed by atoms with E-state index in [0.29, 0.717) is 25.8 Å². The number of nitrogens with one attached hydrogen (secondary N) is 1. The second kappa shape index (κ2) is 8.92. The summed E-state index contributed by atoms with van der Waals surface area (Å²) in [7, 11) is 0. The Balaban J connectivity index is 2.07. The van der Waals surface area contributed by atoms with Crippen molar-refractivity contribution in [3.8, 4) is 0 Å². The molecule has 1 amide bonds. The highest BCUT2D eigenvalue weighted by Crippen LogP contribution is 2.01. The lowest BCUT2D eigenvalue weighted by atomic mass is 10.1. The molecule has 0 fully saturated rings. The van der Waals surface area contributed by atoms with Crippen LogP contribution in [0.5, 0.6) is 0 Å². The number of carboxylic acid groups (broad SMARTS) is 1. The van der Waals surface area contributed by atoms with E-state index in [1.165, 1.54) is 0 Å². The molecular formula is C14H20N2O4. The summed E-state index contributed by atoms with van der Waals surface area (Å²) in [6.07, 6.45) is 1.08. The van der Waals surface area contributed by atoms with Gasteiger partial charge in [-0.05, 0) is 24.8 Å². The van der Waals surface area contributed by atoms with Crippen LogP contribution in [0.1, 0.15) is 24.8 Å². The van der Waals surface area contributed by atoms with Crippen molar-refractivity contribution in [3.05, 3.63) is 35.9 Å². The summed E-state index contributed by atoms with van der Waals surface area (Å²) >= 11 is 0.